The third-order valence-corrected chi connectivity index (χ3v) is 14.8. The number of ether oxygens (including phenoxy) is 6. The van der Waals surface area contributed by atoms with Crippen LogP contribution >= 0.6 is 0 Å². The first-order valence-corrected chi connectivity index (χ1v) is 29.5. The number of unbranched alkanes of at least 4 members (excludes halogenated alkanes) is 16. The van der Waals surface area contributed by atoms with Gasteiger partial charge in [-0.15, -0.1) is 0 Å². The number of amides is 1. The Bertz CT molecular complexity index is 2260. The first-order chi connectivity index (χ1) is 41.5. The molecule has 0 bridgehead atoms. The van der Waals surface area contributed by atoms with Gasteiger partial charge in [-0.1, -0.05) is 110 Å². The molecule has 508 valence electrons. The van der Waals surface area contributed by atoms with E-state index in [0.717, 1.165) is 25.7 Å². The van der Waals surface area contributed by atoms with E-state index in [-0.39, 0.29) is 50.3 Å². The minimum atomic E-state index is -5.08. The molecule has 37 heteroatoms. The van der Waals surface area contributed by atoms with Crippen molar-refractivity contribution in [2.45, 2.75) is 251 Å². The number of carboxylic acid groups (broad SMARTS) is 1. The summed E-state index contributed by atoms with van der Waals surface area (Å²) in [5.74, 6) is -5.79. The summed E-state index contributed by atoms with van der Waals surface area (Å²) in [4.78, 5) is 46.8. The van der Waals surface area contributed by atoms with Crippen LogP contribution in [0.25, 0.3) is 0 Å². The molecule has 4 fully saturated rings. The van der Waals surface area contributed by atoms with Crippen LogP contribution in [0.5, 0.6) is 0 Å². The summed E-state index contributed by atoms with van der Waals surface area (Å²) >= 11 is 0. The second kappa shape index (κ2) is 38.4. The summed E-state index contributed by atoms with van der Waals surface area (Å²) in [5.41, 5.74) is 68.6. The van der Waals surface area contributed by atoms with Gasteiger partial charge in [0.15, 0.2) is 54.6 Å². The van der Waals surface area contributed by atoms with Crippen LogP contribution in [0.3, 0.4) is 0 Å². The van der Waals surface area contributed by atoms with Crippen molar-refractivity contribution in [3.05, 3.63) is 0 Å². The fourth-order valence-electron chi connectivity index (χ4n) is 10.5. The predicted octanol–water partition coefficient (Wildman–Crippen LogP) is -5.21. The summed E-state index contributed by atoms with van der Waals surface area (Å²) in [6.45, 7) is 1.21. The van der Waals surface area contributed by atoms with Gasteiger partial charge in [0.25, 0.3) is 0 Å². The first kappa shape index (κ1) is 76.1. The Morgan fingerprint density at radius 3 is 1.38 bits per heavy atom. The number of aliphatic carboxylic acids is 1. The van der Waals surface area contributed by atoms with Crippen LogP contribution in [0.1, 0.15) is 129 Å². The molecule has 88 heavy (non-hydrogen) atoms. The number of aliphatic imine (C=N–C) groups is 6. The van der Waals surface area contributed by atoms with Gasteiger partial charge in [0, 0.05) is 13.0 Å². The van der Waals surface area contributed by atoms with Crippen LogP contribution < -0.4 is 74.1 Å². The van der Waals surface area contributed by atoms with Gasteiger partial charge >= 0.3 is 12.1 Å². The van der Waals surface area contributed by atoms with E-state index in [1.54, 1.807) is 0 Å². The number of hydrogen-bond donors (Lipinski definition) is 20. The number of carbonyl (C=O) groups excluding carboxylic acids is 1. The summed E-state index contributed by atoms with van der Waals surface area (Å²) in [7, 11) is 0. The van der Waals surface area contributed by atoms with Crippen LogP contribution in [0.15, 0.2) is 30.0 Å². The minimum absolute atomic E-state index is 0.165. The number of carbonyl (C=O) groups is 2. The summed E-state index contributed by atoms with van der Waals surface area (Å²) in [6, 6.07) is -5.50. The van der Waals surface area contributed by atoms with Gasteiger partial charge < -0.3 is 138 Å². The van der Waals surface area contributed by atoms with Crippen LogP contribution in [-0.4, -0.2) is 225 Å². The minimum Gasteiger partial charge on any atom is -0.475 e. The maximum absolute atomic E-state index is 13.4. The monoisotopic (exact) mass is 1270 g/mol. The van der Waals surface area contributed by atoms with E-state index in [2.05, 4.69) is 42.2 Å². The summed E-state index contributed by atoms with van der Waals surface area (Å²) in [5, 5.41) is 79.6. The lowest BCUT2D eigenvalue weighted by Gasteiger charge is -2.47. The first-order valence-electron chi connectivity index (χ1n) is 29.5. The Morgan fingerprint density at radius 2 is 0.909 bits per heavy atom. The number of guanidine groups is 6. The van der Waals surface area contributed by atoms with E-state index in [4.69, 9.17) is 107 Å². The van der Waals surface area contributed by atoms with Gasteiger partial charge in [-0.2, -0.15) is 13.2 Å². The van der Waals surface area contributed by atoms with Crippen LogP contribution in [-0.2, 0) is 38.0 Å². The van der Waals surface area contributed by atoms with Crippen LogP contribution in [0.2, 0.25) is 0 Å². The Kier molecular flexibility index (Phi) is 33.2. The van der Waals surface area contributed by atoms with E-state index < -0.39 is 152 Å². The van der Waals surface area contributed by atoms with Gasteiger partial charge in [0.05, 0.1) is 25.2 Å². The van der Waals surface area contributed by atoms with E-state index in [1.165, 1.54) is 77.0 Å². The highest BCUT2D eigenvalue weighted by atomic mass is 19.4. The average molecular weight is 1270 g/mol. The molecule has 34 nitrogen and oxygen atoms in total. The van der Waals surface area contributed by atoms with Crippen molar-refractivity contribution in [2.75, 3.05) is 19.6 Å². The number of nitrogens with zero attached hydrogens (tertiary/aromatic N) is 6. The second-order valence-corrected chi connectivity index (χ2v) is 22.0. The number of halogens is 3. The Hall–Kier alpha value is -6.13. The van der Waals surface area contributed by atoms with E-state index >= 15 is 0 Å². The molecule has 1 aliphatic carbocycles. The molecule has 0 aromatic heterocycles. The highest BCUT2D eigenvalue weighted by molar-refractivity contribution is 5.78. The normalized spacial score (nSPS) is 31.2. The van der Waals surface area contributed by atoms with Crippen molar-refractivity contribution < 1.29 is 86.9 Å². The second-order valence-electron chi connectivity index (χ2n) is 22.0. The van der Waals surface area contributed by atoms with Crippen molar-refractivity contribution in [3.63, 3.8) is 0 Å². The van der Waals surface area contributed by atoms with Crippen molar-refractivity contribution in [1.82, 2.24) is 5.32 Å². The highest BCUT2D eigenvalue weighted by Gasteiger charge is 2.56. The van der Waals surface area contributed by atoms with Crippen molar-refractivity contribution in [2.24, 2.45) is 98.8 Å². The molecule has 19 atom stereocenters. The standard InChI is InChI=1S/C49H97N19O13.C2HF3O2/c1-2-3-4-5-6-7-8-9-10-11-12-13-14-15-16-17-18-19-29(69)62-23-28-38(79-39-30(67-48(58)59)33(71)26(76-41(39)75)21-63-44(50)51)36(74)43(78-28)81-40-32(70)24(65-46(54)55)20-25(66-47(56)57)37(40)80-42-31(68-49(60)61)35(73)34(72)27(77-42)22-64-45(52)53;3-2(4,5)1(6)7/h24-28,30-43,70-75H,2-23H2,1H3,(H,62,69)(H4,50,51,63)(H4,52,53,64)(H4,54,55,65)(H4,56,57,66)(H4,58,59,67)(H4,60,61,68);(H,6,7)/t24-,25+,26-,27-,28-,30-,31-,32+,33-,34-,35-,36-,37-,38-,39-,40-,41+,42-,43?;/m1./s1. The number of nitrogens with one attached hydrogen (secondary N) is 1. The lowest BCUT2D eigenvalue weighted by atomic mass is 9.83. The number of nitrogens with two attached hydrogens (primary N) is 12. The molecule has 1 unspecified atom stereocenters. The lowest BCUT2D eigenvalue weighted by Crippen LogP contribution is -2.64. The summed E-state index contributed by atoms with van der Waals surface area (Å²) in [6.07, 6.45) is -9.63. The van der Waals surface area contributed by atoms with Crippen molar-refractivity contribution in [3.8, 4) is 0 Å². The number of hydrogen-bond acceptors (Lipinski definition) is 20. The van der Waals surface area contributed by atoms with Crippen LogP contribution in [0, 0.1) is 0 Å². The largest absolute Gasteiger partial charge is 0.490 e. The molecule has 1 amide bonds. The van der Waals surface area contributed by atoms with E-state index in [0.29, 0.717) is 6.42 Å². The molecule has 4 rings (SSSR count). The summed E-state index contributed by atoms with van der Waals surface area (Å²) < 4.78 is 69.1. The van der Waals surface area contributed by atoms with E-state index in [1.807, 2.05) is 0 Å². The maximum atomic E-state index is 13.4. The molecular weight excluding hydrogens is 1180 g/mol. The molecule has 4 aliphatic rings. The zero-order valence-corrected chi connectivity index (χ0v) is 49.7. The van der Waals surface area contributed by atoms with Gasteiger partial charge in [0.1, 0.15) is 85.3 Å². The van der Waals surface area contributed by atoms with Gasteiger partial charge in [-0.05, 0) is 12.8 Å². The van der Waals surface area contributed by atoms with Crippen molar-refractivity contribution in [1.29, 1.82) is 0 Å². The topological polar surface area (TPSA) is 630 Å². The molecule has 0 aromatic carbocycles. The van der Waals surface area contributed by atoms with Gasteiger partial charge in [-0.25, -0.2) is 24.8 Å². The molecule has 1 saturated carbocycles. The van der Waals surface area contributed by atoms with Crippen LogP contribution in [0.4, 0.5) is 13.2 Å². The molecule has 3 saturated heterocycles. The molecule has 3 heterocycles. The van der Waals surface area contributed by atoms with Crippen molar-refractivity contribution >= 4 is 47.6 Å². The number of alkyl halides is 3. The average Bonchev–Trinajstić information content (AvgIpc) is 2.19. The quantitative estimate of drug-likeness (QED) is 0.0163. The highest BCUT2D eigenvalue weighted by Crippen LogP contribution is 2.38. The fourth-order valence-corrected chi connectivity index (χ4v) is 10.5. The number of aliphatic hydroxyl groups is 6. The maximum Gasteiger partial charge on any atom is 0.490 e. The van der Waals surface area contributed by atoms with Gasteiger partial charge in [0.2, 0.25) is 5.91 Å². The third-order valence-electron chi connectivity index (χ3n) is 14.8. The molecule has 32 N–H and O–H groups in total. The predicted molar refractivity (Wildman–Crippen MR) is 316 cm³/mol. The number of carboxylic acids is 1. The Morgan fingerprint density at radius 1 is 0.477 bits per heavy atom. The zero-order chi connectivity index (χ0) is 65.8. The molecule has 0 aromatic rings. The molecule has 0 radical (unpaired) electrons. The fraction of sp³-hybridized carbons (Fsp3) is 0.843. The molecule has 3 aliphatic heterocycles. The Balaban J connectivity index is 0.00000272. The smallest absolute Gasteiger partial charge is 0.475 e. The van der Waals surface area contributed by atoms with E-state index in [9.17, 15) is 48.6 Å². The zero-order valence-electron chi connectivity index (χ0n) is 49.7. The third kappa shape index (κ3) is 26.1. The SMILES string of the molecule is CCCCCCCCCCCCCCCCCCCC(=O)NC[C@H]1OC(O[C@@H]2[C@@H](O)[C@H](N=C(N)N)C[C@H](N=C(N)N)[C@H]2O[C@H]2O[C@H](CN=C(N)N)[C@@H](O)[C@H](O)[C@H]2N=C(N)N)[C@H](O)[C@@H]1O[C@@H]1[C@H](N=C(N)N)[C@H](O)[C@@H](CN=C(N)N)O[C@@H]1O.O=C(O)C(F)(F)F. The molecule has 0 spiro atoms. The molecular formula is C51H98F3N19O15. The number of aliphatic hydroxyl groups excluding tert-OH is 6. The number of rotatable bonds is 34. The van der Waals surface area contributed by atoms with Gasteiger partial charge in [-0.3, -0.25) is 14.8 Å². The lowest BCUT2D eigenvalue weighted by molar-refractivity contribution is -0.306. The Labute approximate surface area is 508 Å².